The third-order valence-electron chi connectivity index (χ3n) is 2.18. The SMILES string of the molecule is Cc1cc2ncc(C(C)C)cc2o1. The molecule has 0 aliphatic carbocycles. The lowest BCUT2D eigenvalue weighted by Gasteiger charge is -2.02. The molecule has 0 atom stereocenters. The van der Waals surface area contributed by atoms with Gasteiger partial charge in [0.25, 0.3) is 0 Å². The second-order valence-electron chi connectivity index (χ2n) is 3.66. The van der Waals surface area contributed by atoms with E-state index in [-0.39, 0.29) is 0 Å². The van der Waals surface area contributed by atoms with Crippen molar-refractivity contribution in [1.82, 2.24) is 4.98 Å². The highest BCUT2D eigenvalue weighted by Crippen LogP contribution is 2.21. The lowest BCUT2D eigenvalue weighted by molar-refractivity contribution is 0.577. The van der Waals surface area contributed by atoms with Crippen LogP contribution in [0.15, 0.2) is 22.7 Å². The fourth-order valence-corrected chi connectivity index (χ4v) is 1.37. The molecule has 68 valence electrons. The molecule has 2 heterocycles. The fourth-order valence-electron chi connectivity index (χ4n) is 1.37. The minimum atomic E-state index is 0.502. The van der Waals surface area contributed by atoms with Crippen LogP contribution in [0.4, 0.5) is 0 Å². The third-order valence-corrected chi connectivity index (χ3v) is 2.18. The summed E-state index contributed by atoms with van der Waals surface area (Å²) in [4.78, 5) is 4.33. The van der Waals surface area contributed by atoms with Gasteiger partial charge in [0.15, 0.2) is 5.58 Å². The Morgan fingerprint density at radius 3 is 2.77 bits per heavy atom. The summed E-state index contributed by atoms with van der Waals surface area (Å²) >= 11 is 0. The first-order valence-corrected chi connectivity index (χ1v) is 4.53. The van der Waals surface area contributed by atoms with Crippen molar-refractivity contribution in [2.24, 2.45) is 0 Å². The van der Waals surface area contributed by atoms with Crippen LogP contribution in [0.1, 0.15) is 31.1 Å². The van der Waals surface area contributed by atoms with Crippen molar-refractivity contribution >= 4 is 11.1 Å². The molecule has 2 aromatic heterocycles. The maximum Gasteiger partial charge on any atom is 0.152 e. The van der Waals surface area contributed by atoms with Crippen LogP contribution in [0, 0.1) is 6.92 Å². The highest BCUT2D eigenvalue weighted by Gasteiger charge is 2.04. The van der Waals surface area contributed by atoms with Gasteiger partial charge in [-0.15, -0.1) is 0 Å². The van der Waals surface area contributed by atoms with Crippen LogP contribution in [0.5, 0.6) is 0 Å². The molecule has 0 saturated heterocycles. The Bertz CT molecular complexity index is 429. The van der Waals surface area contributed by atoms with E-state index in [2.05, 4.69) is 24.9 Å². The van der Waals surface area contributed by atoms with E-state index in [4.69, 9.17) is 4.42 Å². The molecule has 0 spiro atoms. The van der Waals surface area contributed by atoms with Crippen molar-refractivity contribution in [1.29, 1.82) is 0 Å². The smallest absolute Gasteiger partial charge is 0.152 e. The number of rotatable bonds is 1. The Kier molecular flexibility index (Phi) is 1.83. The van der Waals surface area contributed by atoms with Gasteiger partial charge in [-0.05, 0) is 24.5 Å². The highest BCUT2D eigenvalue weighted by atomic mass is 16.3. The third kappa shape index (κ3) is 1.44. The standard InChI is InChI=1S/C11H13NO/c1-7(2)9-5-11-10(12-6-9)4-8(3)13-11/h4-7H,1-3H3. The van der Waals surface area contributed by atoms with Gasteiger partial charge in [-0.25, -0.2) is 0 Å². The molecule has 0 unspecified atom stereocenters. The Hall–Kier alpha value is -1.31. The van der Waals surface area contributed by atoms with Gasteiger partial charge in [0, 0.05) is 12.3 Å². The molecule has 0 fully saturated rings. The first kappa shape index (κ1) is 8.30. The van der Waals surface area contributed by atoms with Crippen molar-refractivity contribution in [3.63, 3.8) is 0 Å². The van der Waals surface area contributed by atoms with Crippen LogP contribution in [0.2, 0.25) is 0 Å². The number of hydrogen-bond donors (Lipinski definition) is 0. The maximum absolute atomic E-state index is 5.50. The minimum Gasteiger partial charge on any atom is -0.460 e. The predicted octanol–water partition coefficient (Wildman–Crippen LogP) is 3.26. The number of fused-ring (bicyclic) bond motifs is 1. The van der Waals surface area contributed by atoms with Crippen molar-refractivity contribution in [2.45, 2.75) is 26.7 Å². The number of aryl methyl sites for hydroxylation is 1. The van der Waals surface area contributed by atoms with Crippen molar-refractivity contribution in [3.8, 4) is 0 Å². The molecule has 2 rings (SSSR count). The summed E-state index contributed by atoms with van der Waals surface area (Å²) in [7, 11) is 0. The minimum absolute atomic E-state index is 0.502. The van der Waals surface area contributed by atoms with Crippen LogP contribution >= 0.6 is 0 Å². The van der Waals surface area contributed by atoms with E-state index in [1.165, 1.54) is 5.56 Å². The van der Waals surface area contributed by atoms with Gasteiger partial charge in [-0.2, -0.15) is 0 Å². The molecule has 2 heteroatoms. The second-order valence-corrected chi connectivity index (χ2v) is 3.66. The molecule has 0 aliphatic rings. The number of aromatic nitrogens is 1. The molecule has 0 amide bonds. The molecule has 0 N–H and O–H groups in total. The molecular formula is C11H13NO. The number of hydrogen-bond acceptors (Lipinski definition) is 2. The Labute approximate surface area is 77.6 Å². The van der Waals surface area contributed by atoms with E-state index in [0.717, 1.165) is 16.9 Å². The Morgan fingerprint density at radius 1 is 1.31 bits per heavy atom. The summed E-state index contributed by atoms with van der Waals surface area (Å²) in [5, 5.41) is 0. The summed E-state index contributed by atoms with van der Waals surface area (Å²) < 4.78 is 5.50. The summed E-state index contributed by atoms with van der Waals surface area (Å²) in [6.07, 6.45) is 1.92. The summed E-state index contributed by atoms with van der Waals surface area (Å²) in [6, 6.07) is 4.03. The normalized spacial score (nSPS) is 11.4. The highest BCUT2D eigenvalue weighted by molar-refractivity contribution is 5.73. The summed E-state index contributed by atoms with van der Waals surface area (Å²) in [5.74, 6) is 1.42. The molecule has 0 saturated carbocycles. The summed E-state index contributed by atoms with van der Waals surface area (Å²) in [6.45, 7) is 6.24. The van der Waals surface area contributed by atoms with E-state index >= 15 is 0 Å². The lowest BCUT2D eigenvalue weighted by atomic mass is 10.1. The predicted molar refractivity (Wildman–Crippen MR) is 52.8 cm³/mol. The van der Waals surface area contributed by atoms with Crippen LogP contribution in [0.3, 0.4) is 0 Å². The van der Waals surface area contributed by atoms with E-state index < -0.39 is 0 Å². The number of pyridine rings is 1. The van der Waals surface area contributed by atoms with Crippen molar-refractivity contribution in [3.05, 3.63) is 29.7 Å². The zero-order valence-electron chi connectivity index (χ0n) is 8.16. The monoisotopic (exact) mass is 175 g/mol. The number of nitrogens with zero attached hydrogens (tertiary/aromatic N) is 1. The quantitative estimate of drug-likeness (QED) is 0.664. The maximum atomic E-state index is 5.50. The first-order chi connectivity index (χ1) is 6.16. The van der Waals surface area contributed by atoms with Gasteiger partial charge in [-0.1, -0.05) is 13.8 Å². The van der Waals surface area contributed by atoms with Crippen LogP contribution in [-0.2, 0) is 0 Å². The summed E-state index contributed by atoms with van der Waals surface area (Å²) in [5.41, 5.74) is 3.06. The zero-order chi connectivity index (χ0) is 9.42. The van der Waals surface area contributed by atoms with E-state index in [9.17, 15) is 0 Å². The second kappa shape index (κ2) is 2.87. The largest absolute Gasteiger partial charge is 0.460 e. The van der Waals surface area contributed by atoms with E-state index in [0.29, 0.717) is 5.92 Å². The lowest BCUT2D eigenvalue weighted by Crippen LogP contribution is -1.87. The Morgan fingerprint density at radius 2 is 2.08 bits per heavy atom. The molecule has 0 aromatic carbocycles. The van der Waals surface area contributed by atoms with Crippen LogP contribution < -0.4 is 0 Å². The fraction of sp³-hybridized carbons (Fsp3) is 0.364. The average molecular weight is 175 g/mol. The molecule has 13 heavy (non-hydrogen) atoms. The van der Waals surface area contributed by atoms with Crippen molar-refractivity contribution in [2.75, 3.05) is 0 Å². The van der Waals surface area contributed by atoms with Gasteiger partial charge >= 0.3 is 0 Å². The molecule has 0 radical (unpaired) electrons. The van der Waals surface area contributed by atoms with Gasteiger partial charge in [0.2, 0.25) is 0 Å². The molecule has 0 bridgehead atoms. The zero-order valence-corrected chi connectivity index (χ0v) is 8.16. The molecule has 2 aromatic rings. The molecular weight excluding hydrogens is 162 g/mol. The van der Waals surface area contributed by atoms with E-state index in [1.54, 1.807) is 0 Å². The topological polar surface area (TPSA) is 26.0 Å². The average Bonchev–Trinajstić information content (AvgIpc) is 2.42. The number of furan rings is 1. The molecule has 2 nitrogen and oxygen atoms in total. The molecule has 0 aliphatic heterocycles. The van der Waals surface area contributed by atoms with Gasteiger partial charge < -0.3 is 4.42 Å². The Balaban J connectivity index is 2.61. The first-order valence-electron chi connectivity index (χ1n) is 4.53. The van der Waals surface area contributed by atoms with Crippen LogP contribution in [0.25, 0.3) is 11.1 Å². The van der Waals surface area contributed by atoms with Gasteiger partial charge in [-0.3, -0.25) is 4.98 Å². The van der Waals surface area contributed by atoms with Crippen LogP contribution in [-0.4, -0.2) is 4.98 Å². The van der Waals surface area contributed by atoms with E-state index in [1.807, 2.05) is 19.2 Å². The van der Waals surface area contributed by atoms with Gasteiger partial charge in [0.05, 0.1) is 0 Å². The van der Waals surface area contributed by atoms with Gasteiger partial charge in [0.1, 0.15) is 11.3 Å². The van der Waals surface area contributed by atoms with Crippen molar-refractivity contribution < 1.29 is 4.42 Å².